The van der Waals surface area contributed by atoms with Crippen LogP contribution in [0, 0.1) is 0 Å². The van der Waals surface area contributed by atoms with Gasteiger partial charge in [0.25, 0.3) is 0 Å². The topological polar surface area (TPSA) is 77.4 Å². The number of hydrogen-bond acceptors (Lipinski definition) is 4. The van der Waals surface area contributed by atoms with Gasteiger partial charge in [0, 0.05) is 6.42 Å². The molecule has 242 valence electrons. The molecule has 0 aliphatic carbocycles. The SMILES string of the molecule is C[N+](C)(CC(O)CC(F)(F)C(F)(F)C(F)(F)C(F)(F)C(F)(F)C(F)(F)C(F)(C(F)(F)F)C(F)(F)F)CS(=O)(=O)[O-]. The molecule has 0 aliphatic heterocycles. The molecular formula is C15H14F19NO4S. The van der Waals surface area contributed by atoms with E-state index >= 15 is 0 Å². The third-order valence-corrected chi connectivity index (χ3v) is 5.97. The van der Waals surface area contributed by atoms with Gasteiger partial charge in [-0.1, -0.05) is 0 Å². The molecule has 5 nitrogen and oxygen atoms in total. The summed E-state index contributed by atoms with van der Waals surface area (Å²) < 4.78 is 284. The van der Waals surface area contributed by atoms with Gasteiger partial charge in [0.05, 0.1) is 14.1 Å². The van der Waals surface area contributed by atoms with Crippen LogP contribution in [0.2, 0.25) is 0 Å². The van der Waals surface area contributed by atoms with Crippen molar-refractivity contribution in [2.24, 2.45) is 0 Å². The Bertz CT molecular complexity index is 1000. The van der Waals surface area contributed by atoms with Gasteiger partial charge in [-0.25, -0.2) is 12.8 Å². The van der Waals surface area contributed by atoms with Crippen molar-refractivity contribution >= 4 is 10.1 Å². The van der Waals surface area contributed by atoms with Gasteiger partial charge >= 0.3 is 53.6 Å². The maximum absolute atomic E-state index is 13.9. The van der Waals surface area contributed by atoms with Crippen molar-refractivity contribution in [3.8, 4) is 0 Å². The summed E-state index contributed by atoms with van der Waals surface area (Å²) in [6, 6.07) is 0. The smallest absolute Gasteiger partial charge is 0.438 e. The van der Waals surface area contributed by atoms with Crippen molar-refractivity contribution in [3.63, 3.8) is 0 Å². The highest BCUT2D eigenvalue weighted by atomic mass is 32.2. The minimum Gasteiger partial charge on any atom is -0.744 e. The summed E-state index contributed by atoms with van der Waals surface area (Å²) in [6.07, 6.45) is -23.2. The van der Waals surface area contributed by atoms with Crippen LogP contribution in [0.15, 0.2) is 0 Å². The molecule has 0 amide bonds. The minimum atomic E-state index is -9.15. The van der Waals surface area contributed by atoms with Crippen molar-refractivity contribution in [2.45, 2.75) is 66.1 Å². The molecule has 1 N–H and O–H groups in total. The molecule has 0 aromatic rings. The van der Waals surface area contributed by atoms with Crippen molar-refractivity contribution in [1.82, 2.24) is 0 Å². The van der Waals surface area contributed by atoms with Crippen LogP contribution < -0.4 is 0 Å². The summed E-state index contributed by atoms with van der Waals surface area (Å²) >= 11 is 0. The fourth-order valence-electron chi connectivity index (χ4n) is 3.09. The van der Waals surface area contributed by atoms with Gasteiger partial charge in [-0.3, -0.25) is 0 Å². The summed E-state index contributed by atoms with van der Waals surface area (Å²) in [7, 11) is -4.12. The fraction of sp³-hybridized carbons (Fsp3) is 1.00. The molecule has 0 saturated carbocycles. The van der Waals surface area contributed by atoms with E-state index in [9.17, 15) is 101 Å². The number of hydrogen-bond donors (Lipinski definition) is 1. The van der Waals surface area contributed by atoms with Crippen LogP contribution in [0.3, 0.4) is 0 Å². The van der Waals surface area contributed by atoms with E-state index in [1.807, 2.05) is 0 Å². The molecule has 40 heavy (non-hydrogen) atoms. The molecule has 0 bridgehead atoms. The second kappa shape index (κ2) is 10.1. The van der Waals surface area contributed by atoms with Crippen LogP contribution in [0.25, 0.3) is 0 Å². The van der Waals surface area contributed by atoms with Crippen LogP contribution >= 0.6 is 0 Å². The summed E-state index contributed by atoms with van der Waals surface area (Å²) in [5, 5.41) is 9.40. The summed E-state index contributed by atoms with van der Waals surface area (Å²) in [4.78, 5) is 0. The number of quaternary nitrogens is 1. The zero-order valence-corrected chi connectivity index (χ0v) is 19.7. The Kier molecular flexibility index (Phi) is 9.67. The highest BCUT2D eigenvalue weighted by Gasteiger charge is 2.98. The highest BCUT2D eigenvalue weighted by Crippen LogP contribution is 2.66. The number of halogens is 19. The van der Waals surface area contributed by atoms with Gasteiger partial charge in [-0.2, -0.15) is 79.0 Å². The Morgan fingerprint density at radius 3 is 1.23 bits per heavy atom. The first-order valence-corrected chi connectivity index (χ1v) is 10.9. The number of likely N-dealkylation sites (N-methyl/N-ethyl adjacent to an activating group) is 1. The average molecular weight is 665 g/mol. The lowest BCUT2D eigenvalue weighted by Gasteiger charge is -2.45. The Balaban J connectivity index is 6.77. The van der Waals surface area contributed by atoms with Crippen molar-refractivity contribution in [2.75, 3.05) is 26.5 Å². The first kappa shape index (κ1) is 38.5. The molecule has 0 aromatic carbocycles. The van der Waals surface area contributed by atoms with Gasteiger partial charge in [0.15, 0.2) is 5.88 Å². The standard InChI is InChI=1S/C15H14F19NO4S/c1-35(2,5-40(37,38)39)4-6(36)3-7(16,17)9(19,20)11(23,24)13(27,28)12(25,26)10(21,22)8(18,14(29,30)31)15(32,33)34/h6,36H,3-5H2,1-2H3. The lowest BCUT2D eigenvalue weighted by atomic mass is 9.83. The molecule has 0 saturated heterocycles. The van der Waals surface area contributed by atoms with E-state index in [0.717, 1.165) is 0 Å². The molecule has 1 atom stereocenters. The lowest BCUT2D eigenvalue weighted by Crippen LogP contribution is -2.77. The second-order valence-electron chi connectivity index (χ2n) is 8.89. The van der Waals surface area contributed by atoms with Crippen LogP contribution in [0.5, 0.6) is 0 Å². The molecule has 0 aliphatic rings. The van der Waals surface area contributed by atoms with E-state index in [-0.39, 0.29) is 0 Å². The molecule has 1 unspecified atom stereocenters. The molecule has 25 heteroatoms. The molecule has 0 heterocycles. The number of nitrogens with zero attached hydrogens (tertiary/aromatic N) is 1. The van der Waals surface area contributed by atoms with Gasteiger partial charge in [-0.15, -0.1) is 0 Å². The van der Waals surface area contributed by atoms with Crippen LogP contribution in [-0.4, -0.2) is 109 Å². The largest absolute Gasteiger partial charge is 0.744 e. The number of alkyl halides is 19. The Labute approximate surface area is 209 Å². The van der Waals surface area contributed by atoms with E-state index in [4.69, 9.17) is 0 Å². The van der Waals surface area contributed by atoms with Crippen molar-refractivity contribution in [3.05, 3.63) is 0 Å². The lowest BCUT2D eigenvalue weighted by molar-refractivity contribution is -0.882. The van der Waals surface area contributed by atoms with E-state index in [1.165, 1.54) is 0 Å². The molecule has 0 aromatic heterocycles. The van der Waals surface area contributed by atoms with E-state index < -0.39 is 93.1 Å². The predicted octanol–water partition coefficient (Wildman–Crippen LogP) is 4.96. The number of rotatable bonds is 12. The normalized spacial score (nSPS) is 17.3. The zero-order valence-electron chi connectivity index (χ0n) is 18.9. The third-order valence-electron chi connectivity index (χ3n) is 4.96. The monoisotopic (exact) mass is 665 g/mol. The molecule has 0 rings (SSSR count). The molecule has 0 spiro atoms. The first-order valence-electron chi connectivity index (χ1n) is 9.33. The van der Waals surface area contributed by atoms with Gasteiger partial charge < -0.3 is 14.1 Å². The van der Waals surface area contributed by atoms with E-state index in [0.29, 0.717) is 14.1 Å². The van der Waals surface area contributed by atoms with Crippen molar-refractivity contribution < 1.29 is 106 Å². The maximum atomic E-state index is 13.9. The maximum Gasteiger partial charge on any atom is 0.438 e. The van der Waals surface area contributed by atoms with Gasteiger partial charge in [0.2, 0.25) is 0 Å². The van der Waals surface area contributed by atoms with Crippen LogP contribution in [0.4, 0.5) is 83.4 Å². The summed E-state index contributed by atoms with van der Waals surface area (Å²) in [6.45, 7) is -1.61. The minimum absolute atomic E-state index is 0.588. The van der Waals surface area contributed by atoms with Crippen LogP contribution in [0.1, 0.15) is 6.42 Å². The van der Waals surface area contributed by atoms with Gasteiger partial charge in [-0.05, 0) is 0 Å². The van der Waals surface area contributed by atoms with Gasteiger partial charge in [0.1, 0.15) is 22.8 Å². The first-order chi connectivity index (χ1) is 16.8. The quantitative estimate of drug-likeness (QED) is 0.182. The third kappa shape index (κ3) is 6.15. The van der Waals surface area contributed by atoms with Crippen LogP contribution in [-0.2, 0) is 10.1 Å². The Morgan fingerprint density at radius 1 is 0.625 bits per heavy atom. The molecular weight excluding hydrogens is 651 g/mol. The fourth-order valence-corrected chi connectivity index (χ4v) is 4.06. The summed E-state index contributed by atoms with van der Waals surface area (Å²) in [5.74, 6) is -52.8. The molecule has 0 radical (unpaired) electrons. The van der Waals surface area contributed by atoms with Crippen molar-refractivity contribution in [1.29, 1.82) is 0 Å². The number of aliphatic hydroxyl groups excluding tert-OH is 1. The summed E-state index contributed by atoms with van der Waals surface area (Å²) in [5.41, 5.74) is -8.84. The predicted molar refractivity (Wildman–Crippen MR) is 87.8 cm³/mol. The zero-order chi connectivity index (χ0) is 33.2. The second-order valence-corrected chi connectivity index (χ2v) is 10.3. The molecule has 0 fully saturated rings. The van der Waals surface area contributed by atoms with E-state index in [2.05, 4.69) is 0 Å². The number of aliphatic hydroxyl groups is 1. The highest BCUT2D eigenvalue weighted by molar-refractivity contribution is 7.85. The van der Waals surface area contributed by atoms with E-state index in [1.54, 1.807) is 0 Å². The average Bonchev–Trinajstić information content (AvgIpc) is 2.61. The Hall–Kier alpha value is -1.50. The Morgan fingerprint density at radius 2 is 0.925 bits per heavy atom.